The number of rotatable bonds is 7. The molecule has 1 aromatic carbocycles. The molecule has 0 spiro atoms. The lowest BCUT2D eigenvalue weighted by atomic mass is 10.1. The van der Waals surface area contributed by atoms with Gasteiger partial charge in [-0.25, -0.2) is 13.6 Å². The van der Waals surface area contributed by atoms with Crippen LogP contribution in [0.2, 0.25) is 0 Å². The predicted octanol–water partition coefficient (Wildman–Crippen LogP) is 1.97. The molecule has 0 saturated carbocycles. The van der Waals surface area contributed by atoms with E-state index >= 15 is 0 Å². The molecule has 146 valence electrons. The molecule has 1 atom stereocenters. The van der Waals surface area contributed by atoms with Gasteiger partial charge in [0, 0.05) is 11.4 Å². The number of carbonyl (C=O) groups excluding carboxylic acids is 1. The monoisotopic (exact) mass is 409 g/mol. The second kappa shape index (κ2) is 8.39. The number of hydrogen-bond donors (Lipinski definition) is 2. The minimum Gasteiger partial charge on any atom is -0.496 e. The summed E-state index contributed by atoms with van der Waals surface area (Å²) in [6.07, 6.45) is 2.31. The molecule has 1 aliphatic rings. The second-order valence-electron chi connectivity index (χ2n) is 6.39. The van der Waals surface area contributed by atoms with Crippen molar-refractivity contribution < 1.29 is 17.9 Å². The fourth-order valence-corrected chi connectivity index (χ4v) is 4.67. The molecular formula is C18H23N3O4S2. The molecule has 1 fully saturated rings. The smallest absolute Gasteiger partial charge is 0.255 e. The molecule has 3 rings (SSSR count). The molecule has 0 bridgehead atoms. The molecule has 2 heterocycles. The number of likely N-dealkylation sites (tertiary alicyclic amines) is 1. The first-order valence-corrected chi connectivity index (χ1v) is 11.1. The third-order valence-electron chi connectivity index (χ3n) is 4.65. The third-order valence-corrected chi connectivity index (χ3v) is 6.54. The zero-order valence-electron chi connectivity index (χ0n) is 15.1. The minimum atomic E-state index is -3.91. The largest absolute Gasteiger partial charge is 0.496 e. The van der Waals surface area contributed by atoms with Gasteiger partial charge < -0.3 is 10.1 Å². The van der Waals surface area contributed by atoms with Gasteiger partial charge in [-0.2, -0.15) is 0 Å². The molecule has 0 aliphatic carbocycles. The number of carbonyl (C=O) groups is 1. The van der Waals surface area contributed by atoms with Crippen molar-refractivity contribution in [1.82, 2.24) is 10.2 Å². The number of methoxy groups -OCH3 is 1. The summed E-state index contributed by atoms with van der Waals surface area (Å²) < 4.78 is 28.4. The van der Waals surface area contributed by atoms with Crippen LogP contribution in [0.3, 0.4) is 0 Å². The normalized spacial score (nSPS) is 16.2. The molecule has 1 unspecified atom stereocenters. The fraction of sp³-hybridized carbons (Fsp3) is 0.389. The Kier molecular flexibility index (Phi) is 6.15. The van der Waals surface area contributed by atoms with E-state index in [1.165, 1.54) is 30.2 Å². The van der Waals surface area contributed by atoms with Crippen molar-refractivity contribution in [2.24, 2.45) is 5.14 Å². The number of hydrogen-bond acceptors (Lipinski definition) is 6. The summed E-state index contributed by atoms with van der Waals surface area (Å²) in [5, 5.41) is 10.1. The van der Waals surface area contributed by atoms with Gasteiger partial charge in [0.25, 0.3) is 5.91 Å². The third kappa shape index (κ3) is 4.67. The van der Waals surface area contributed by atoms with Crippen molar-refractivity contribution in [2.75, 3.05) is 26.7 Å². The first kappa shape index (κ1) is 19.8. The van der Waals surface area contributed by atoms with Crippen LogP contribution in [-0.4, -0.2) is 46.0 Å². The van der Waals surface area contributed by atoms with Crippen LogP contribution in [0.1, 0.15) is 34.1 Å². The maximum atomic E-state index is 12.8. The van der Waals surface area contributed by atoms with E-state index in [0.29, 0.717) is 12.3 Å². The first-order valence-electron chi connectivity index (χ1n) is 8.66. The van der Waals surface area contributed by atoms with Gasteiger partial charge in [0.1, 0.15) is 5.75 Å². The quantitative estimate of drug-likeness (QED) is 0.728. The Bertz CT molecular complexity index is 891. The molecule has 9 heteroatoms. The number of nitrogens with one attached hydrogen (secondary N) is 1. The van der Waals surface area contributed by atoms with Crippen molar-refractivity contribution in [3.05, 3.63) is 46.2 Å². The highest BCUT2D eigenvalue weighted by atomic mass is 32.2. The summed E-state index contributed by atoms with van der Waals surface area (Å²) in [5.74, 6) is -0.0909. The van der Waals surface area contributed by atoms with Crippen molar-refractivity contribution in [3.8, 4) is 5.75 Å². The minimum absolute atomic E-state index is 0.101. The molecule has 27 heavy (non-hydrogen) atoms. The zero-order valence-corrected chi connectivity index (χ0v) is 16.7. The van der Waals surface area contributed by atoms with Gasteiger partial charge in [-0.15, -0.1) is 11.3 Å². The Morgan fingerprint density at radius 1 is 1.33 bits per heavy atom. The lowest BCUT2D eigenvalue weighted by molar-refractivity contribution is 0.0935. The van der Waals surface area contributed by atoms with Crippen LogP contribution in [0.4, 0.5) is 0 Å². The van der Waals surface area contributed by atoms with E-state index < -0.39 is 15.9 Å². The average molecular weight is 410 g/mol. The highest BCUT2D eigenvalue weighted by molar-refractivity contribution is 7.89. The van der Waals surface area contributed by atoms with Gasteiger partial charge in [0.05, 0.1) is 23.6 Å². The summed E-state index contributed by atoms with van der Waals surface area (Å²) in [7, 11) is -2.47. The van der Waals surface area contributed by atoms with E-state index in [-0.39, 0.29) is 16.5 Å². The molecule has 1 saturated heterocycles. The maximum absolute atomic E-state index is 12.8. The number of thiophene rings is 1. The number of amides is 1. The molecule has 0 radical (unpaired) electrons. The van der Waals surface area contributed by atoms with Gasteiger partial charge in [0.15, 0.2) is 0 Å². The van der Waals surface area contributed by atoms with E-state index in [1.54, 1.807) is 11.3 Å². The van der Waals surface area contributed by atoms with E-state index in [2.05, 4.69) is 16.3 Å². The van der Waals surface area contributed by atoms with Crippen LogP contribution >= 0.6 is 11.3 Å². The molecule has 1 amide bonds. The van der Waals surface area contributed by atoms with Crippen LogP contribution in [0.25, 0.3) is 0 Å². The second-order valence-corrected chi connectivity index (χ2v) is 8.93. The van der Waals surface area contributed by atoms with Crippen molar-refractivity contribution in [3.63, 3.8) is 0 Å². The van der Waals surface area contributed by atoms with Gasteiger partial charge in [-0.3, -0.25) is 9.69 Å². The highest BCUT2D eigenvalue weighted by Gasteiger charge is 2.25. The van der Waals surface area contributed by atoms with Crippen LogP contribution in [0.5, 0.6) is 5.75 Å². The van der Waals surface area contributed by atoms with Crippen LogP contribution in [0.15, 0.2) is 40.6 Å². The first-order chi connectivity index (χ1) is 12.9. The number of primary sulfonamides is 1. The standard InChI is InChI=1S/C18H23N3O4S2/c1-25-16-7-6-13(27(19,23)24)11-14(16)18(22)20-12-15(17-5-4-10-26-17)21-8-2-3-9-21/h4-7,10-11,15H,2-3,8-9,12H2,1H3,(H,20,22)(H2,19,23,24). The summed E-state index contributed by atoms with van der Waals surface area (Å²) in [6, 6.07) is 8.18. The van der Waals surface area contributed by atoms with Gasteiger partial charge in [-0.1, -0.05) is 6.07 Å². The van der Waals surface area contributed by atoms with E-state index in [9.17, 15) is 13.2 Å². The maximum Gasteiger partial charge on any atom is 0.255 e. The van der Waals surface area contributed by atoms with Crippen LogP contribution in [-0.2, 0) is 10.0 Å². The Labute approximate surface area is 163 Å². The summed E-state index contributed by atoms with van der Waals surface area (Å²) in [5.41, 5.74) is 0.148. The SMILES string of the molecule is COc1ccc(S(N)(=O)=O)cc1C(=O)NCC(c1cccs1)N1CCCC1. The number of sulfonamides is 1. The van der Waals surface area contributed by atoms with E-state index in [1.807, 2.05) is 11.4 Å². The summed E-state index contributed by atoms with van der Waals surface area (Å²) in [6.45, 7) is 2.44. The summed E-state index contributed by atoms with van der Waals surface area (Å²) in [4.78, 5) is 16.2. The fourth-order valence-electron chi connectivity index (χ4n) is 3.27. The van der Waals surface area contributed by atoms with Gasteiger partial charge in [0.2, 0.25) is 10.0 Å². The average Bonchev–Trinajstić information content (AvgIpc) is 3.35. The van der Waals surface area contributed by atoms with Crippen molar-refractivity contribution >= 4 is 27.3 Å². The Balaban J connectivity index is 1.79. The molecule has 3 N–H and O–H groups in total. The van der Waals surface area contributed by atoms with Gasteiger partial charge >= 0.3 is 0 Å². The Morgan fingerprint density at radius 3 is 2.67 bits per heavy atom. The van der Waals surface area contributed by atoms with E-state index in [4.69, 9.17) is 9.88 Å². The number of nitrogens with two attached hydrogens (primary N) is 1. The van der Waals surface area contributed by atoms with E-state index in [0.717, 1.165) is 25.9 Å². The lowest BCUT2D eigenvalue weighted by Crippen LogP contribution is -2.36. The molecule has 1 aromatic heterocycles. The Morgan fingerprint density at radius 2 is 2.07 bits per heavy atom. The molecular weight excluding hydrogens is 386 g/mol. The predicted molar refractivity (Wildman–Crippen MR) is 105 cm³/mol. The summed E-state index contributed by atoms with van der Waals surface area (Å²) >= 11 is 1.67. The topological polar surface area (TPSA) is 102 Å². The number of nitrogens with zero attached hydrogens (tertiary/aromatic N) is 1. The van der Waals surface area contributed by atoms with Crippen LogP contribution < -0.4 is 15.2 Å². The zero-order chi connectivity index (χ0) is 19.4. The van der Waals surface area contributed by atoms with Crippen LogP contribution in [0, 0.1) is 0 Å². The Hall–Kier alpha value is -1.94. The highest BCUT2D eigenvalue weighted by Crippen LogP contribution is 2.28. The van der Waals surface area contributed by atoms with Crippen molar-refractivity contribution in [2.45, 2.75) is 23.8 Å². The molecule has 7 nitrogen and oxygen atoms in total. The lowest BCUT2D eigenvalue weighted by Gasteiger charge is -2.27. The number of benzene rings is 1. The van der Waals surface area contributed by atoms with Crippen molar-refractivity contribution in [1.29, 1.82) is 0 Å². The van der Waals surface area contributed by atoms with Gasteiger partial charge in [-0.05, 0) is 55.6 Å². The molecule has 2 aromatic rings. The molecule has 1 aliphatic heterocycles. The number of ether oxygens (including phenoxy) is 1.